The molecule has 0 aromatic heterocycles. The van der Waals surface area contributed by atoms with Gasteiger partial charge in [0.25, 0.3) is 11.1 Å². The molecule has 2 aliphatic rings. The van der Waals surface area contributed by atoms with Crippen LogP contribution in [0.1, 0.15) is 11.1 Å². The van der Waals surface area contributed by atoms with Crippen molar-refractivity contribution in [2.75, 3.05) is 25.1 Å². The largest absolute Gasteiger partial charge is 0.489 e. The summed E-state index contributed by atoms with van der Waals surface area (Å²) >= 11 is 6.95. The minimum atomic E-state index is -0.522. The number of thioether (sulfide) groups is 1. The number of carbonyl (C=O) groups excluding carboxylic acids is 3. The summed E-state index contributed by atoms with van der Waals surface area (Å²) in [5, 5.41) is 2.81. The van der Waals surface area contributed by atoms with Crippen LogP contribution in [0.3, 0.4) is 0 Å². The molecule has 2 heterocycles. The average molecular weight is 537 g/mol. The highest BCUT2D eigenvalue weighted by Crippen LogP contribution is 2.34. The van der Waals surface area contributed by atoms with E-state index >= 15 is 0 Å². The average Bonchev–Trinajstić information content (AvgIpc) is 3.16. The maximum Gasteiger partial charge on any atom is 0.294 e. The van der Waals surface area contributed by atoms with Gasteiger partial charge in [0.15, 0.2) is 11.5 Å². The molecule has 1 fully saturated rings. The third-order valence-corrected chi connectivity index (χ3v) is 6.81. The van der Waals surface area contributed by atoms with Gasteiger partial charge in [0.1, 0.15) is 32.1 Å². The standard InChI is InChI=1S/C27H21ClN2O6S/c28-21-4-2-1-3-18(21)16-36-20-8-5-17(6-9-20)13-24-26(32)30(27(33)37-24)15-25(31)29-19-7-10-22-23(14-19)35-12-11-34-22/h1-10,13-14H,11-12,15-16H2,(H,29,31)/b24-13+. The molecule has 0 bridgehead atoms. The van der Waals surface area contributed by atoms with E-state index in [4.69, 9.17) is 25.8 Å². The smallest absolute Gasteiger partial charge is 0.294 e. The van der Waals surface area contributed by atoms with Gasteiger partial charge in [0.05, 0.1) is 4.91 Å². The molecule has 2 aliphatic heterocycles. The molecule has 10 heteroatoms. The molecule has 3 aromatic carbocycles. The molecule has 3 aromatic rings. The Balaban J connectivity index is 1.18. The minimum Gasteiger partial charge on any atom is -0.489 e. The fourth-order valence-electron chi connectivity index (χ4n) is 3.69. The molecule has 1 saturated heterocycles. The molecule has 0 atom stereocenters. The Bertz CT molecular complexity index is 1390. The summed E-state index contributed by atoms with van der Waals surface area (Å²) in [5.41, 5.74) is 2.07. The molecule has 5 rings (SSSR count). The summed E-state index contributed by atoms with van der Waals surface area (Å²) in [6.45, 7) is 0.816. The fourth-order valence-corrected chi connectivity index (χ4v) is 4.72. The van der Waals surface area contributed by atoms with E-state index in [1.54, 1.807) is 54.6 Å². The van der Waals surface area contributed by atoms with Gasteiger partial charge in [-0.2, -0.15) is 0 Å². The summed E-state index contributed by atoms with van der Waals surface area (Å²) < 4.78 is 16.8. The first-order valence-electron chi connectivity index (χ1n) is 11.4. The van der Waals surface area contributed by atoms with Crippen molar-refractivity contribution in [3.8, 4) is 17.2 Å². The van der Waals surface area contributed by atoms with Crippen molar-refractivity contribution in [2.24, 2.45) is 0 Å². The molecule has 37 heavy (non-hydrogen) atoms. The number of halogens is 1. The second kappa shape index (κ2) is 11.0. The van der Waals surface area contributed by atoms with Crippen LogP contribution in [0.5, 0.6) is 17.2 Å². The first kappa shape index (κ1) is 24.7. The van der Waals surface area contributed by atoms with Crippen LogP contribution in [0, 0.1) is 0 Å². The van der Waals surface area contributed by atoms with E-state index in [2.05, 4.69) is 5.32 Å². The van der Waals surface area contributed by atoms with Crippen LogP contribution in [-0.2, 0) is 16.2 Å². The summed E-state index contributed by atoms with van der Waals surface area (Å²) in [6, 6.07) is 19.6. The molecule has 8 nitrogen and oxygen atoms in total. The molecule has 0 aliphatic carbocycles. The van der Waals surface area contributed by atoms with Crippen molar-refractivity contribution in [1.29, 1.82) is 0 Å². The van der Waals surface area contributed by atoms with Gasteiger partial charge in [0, 0.05) is 22.3 Å². The second-order valence-corrected chi connectivity index (χ2v) is 9.52. The predicted molar refractivity (Wildman–Crippen MR) is 141 cm³/mol. The summed E-state index contributed by atoms with van der Waals surface area (Å²) in [5.74, 6) is 0.742. The summed E-state index contributed by atoms with van der Waals surface area (Å²) in [6.07, 6.45) is 1.61. The van der Waals surface area contributed by atoms with Crippen LogP contribution in [0.25, 0.3) is 6.08 Å². The lowest BCUT2D eigenvalue weighted by Gasteiger charge is -2.19. The lowest BCUT2D eigenvalue weighted by atomic mass is 10.2. The maximum absolute atomic E-state index is 12.8. The number of ether oxygens (including phenoxy) is 3. The highest BCUT2D eigenvalue weighted by atomic mass is 35.5. The third-order valence-electron chi connectivity index (χ3n) is 5.53. The number of amides is 3. The van der Waals surface area contributed by atoms with Crippen molar-refractivity contribution < 1.29 is 28.6 Å². The Morgan fingerprint density at radius 3 is 2.57 bits per heavy atom. The lowest BCUT2D eigenvalue weighted by molar-refractivity contribution is -0.127. The number of nitrogens with one attached hydrogen (secondary N) is 1. The van der Waals surface area contributed by atoms with Crippen molar-refractivity contribution in [3.63, 3.8) is 0 Å². The van der Waals surface area contributed by atoms with Crippen LogP contribution in [0.2, 0.25) is 5.02 Å². The number of rotatable bonds is 7. The highest BCUT2D eigenvalue weighted by molar-refractivity contribution is 8.18. The van der Waals surface area contributed by atoms with Crippen molar-refractivity contribution >= 4 is 52.2 Å². The fraction of sp³-hybridized carbons (Fsp3) is 0.148. The topological polar surface area (TPSA) is 94.2 Å². The van der Waals surface area contributed by atoms with Gasteiger partial charge in [-0.1, -0.05) is 41.9 Å². The molecule has 0 spiro atoms. The van der Waals surface area contributed by atoms with Crippen molar-refractivity contribution in [3.05, 3.63) is 87.8 Å². The first-order valence-corrected chi connectivity index (χ1v) is 12.6. The summed E-state index contributed by atoms with van der Waals surface area (Å²) in [7, 11) is 0. The van der Waals surface area contributed by atoms with E-state index < -0.39 is 23.6 Å². The van der Waals surface area contributed by atoms with Crippen molar-refractivity contribution in [2.45, 2.75) is 6.61 Å². The zero-order chi connectivity index (χ0) is 25.8. The van der Waals surface area contributed by atoms with Crippen LogP contribution >= 0.6 is 23.4 Å². The monoisotopic (exact) mass is 536 g/mol. The van der Waals surface area contributed by atoms with Gasteiger partial charge >= 0.3 is 0 Å². The number of imide groups is 1. The zero-order valence-corrected chi connectivity index (χ0v) is 21.0. The first-order chi connectivity index (χ1) is 18.0. The van der Waals surface area contributed by atoms with Crippen LogP contribution < -0.4 is 19.5 Å². The molecule has 1 N–H and O–H groups in total. The van der Waals surface area contributed by atoms with Gasteiger partial charge in [-0.15, -0.1) is 0 Å². The Labute approximate surface area is 222 Å². The van der Waals surface area contributed by atoms with Gasteiger partial charge in [-0.05, 0) is 53.7 Å². The number of anilines is 1. The number of carbonyl (C=O) groups is 3. The zero-order valence-electron chi connectivity index (χ0n) is 19.4. The van der Waals surface area contributed by atoms with Gasteiger partial charge in [0.2, 0.25) is 5.91 Å². The SMILES string of the molecule is O=C(CN1C(=O)S/C(=C/c2ccc(OCc3ccccc3Cl)cc2)C1=O)Nc1ccc2c(c1)OCCO2. The molecule has 0 unspecified atom stereocenters. The van der Waals surface area contributed by atoms with Gasteiger partial charge in [-0.25, -0.2) is 0 Å². The van der Waals surface area contributed by atoms with Gasteiger partial charge in [-0.3, -0.25) is 19.3 Å². The molecule has 0 saturated carbocycles. The Morgan fingerprint density at radius 2 is 1.78 bits per heavy atom. The number of hydrogen-bond acceptors (Lipinski definition) is 7. The predicted octanol–water partition coefficient (Wildman–Crippen LogP) is 5.37. The van der Waals surface area contributed by atoms with E-state index in [1.165, 1.54) is 0 Å². The Kier molecular flexibility index (Phi) is 7.34. The van der Waals surface area contributed by atoms with E-state index in [1.807, 2.05) is 18.2 Å². The summed E-state index contributed by atoms with van der Waals surface area (Å²) in [4.78, 5) is 39.0. The Morgan fingerprint density at radius 1 is 1.03 bits per heavy atom. The molecule has 3 amide bonds. The minimum absolute atomic E-state index is 0.238. The number of benzene rings is 3. The second-order valence-electron chi connectivity index (χ2n) is 8.12. The van der Waals surface area contributed by atoms with Crippen LogP contribution in [0.4, 0.5) is 10.5 Å². The van der Waals surface area contributed by atoms with Crippen molar-refractivity contribution in [1.82, 2.24) is 4.90 Å². The third kappa shape index (κ3) is 5.90. The van der Waals surface area contributed by atoms with E-state index in [0.29, 0.717) is 47.8 Å². The molecule has 188 valence electrons. The lowest BCUT2D eigenvalue weighted by Crippen LogP contribution is -2.36. The number of fused-ring (bicyclic) bond motifs is 1. The van der Waals surface area contributed by atoms with E-state index in [9.17, 15) is 14.4 Å². The molecular formula is C27H21ClN2O6S. The normalized spacial score (nSPS) is 15.7. The number of nitrogens with zero attached hydrogens (tertiary/aromatic N) is 1. The Hall–Kier alpha value is -3.95. The molecule has 0 radical (unpaired) electrons. The van der Waals surface area contributed by atoms with Crippen LogP contribution in [0.15, 0.2) is 71.6 Å². The number of hydrogen-bond donors (Lipinski definition) is 1. The van der Waals surface area contributed by atoms with Crippen LogP contribution in [-0.4, -0.2) is 41.7 Å². The van der Waals surface area contributed by atoms with E-state index in [0.717, 1.165) is 27.8 Å². The van der Waals surface area contributed by atoms with E-state index in [-0.39, 0.29) is 4.91 Å². The highest BCUT2D eigenvalue weighted by Gasteiger charge is 2.36. The quantitative estimate of drug-likeness (QED) is 0.406. The van der Waals surface area contributed by atoms with Gasteiger partial charge < -0.3 is 19.5 Å². The maximum atomic E-state index is 12.8. The molecular weight excluding hydrogens is 516 g/mol.